The largest absolute Gasteiger partial charge is 0.540 e. The van der Waals surface area contributed by atoms with Gasteiger partial charge in [-0.2, -0.15) is 0 Å². The maximum Gasteiger partial charge on any atom is 0.540 e. The topological polar surface area (TPSA) is 46.4 Å². The molecule has 3 rings (SSSR count). The van der Waals surface area contributed by atoms with Crippen molar-refractivity contribution in [2.24, 2.45) is 10.1 Å². The molecule has 0 fully saturated rings. The van der Waals surface area contributed by atoms with Gasteiger partial charge in [-0.25, -0.2) is 0 Å². The molecule has 0 N–H and O–H groups in total. The molecule has 0 radical (unpaired) electrons. The molecule has 5 nitrogen and oxygen atoms in total. The van der Waals surface area contributed by atoms with Crippen LogP contribution in [-0.4, -0.2) is 31.4 Å². The van der Waals surface area contributed by atoms with Gasteiger partial charge in [-0.3, -0.25) is 9.52 Å². The quantitative estimate of drug-likeness (QED) is 0.255. The van der Waals surface area contributed by atoms with E-state index in [1.54, 1.807) is 18.1 Å². The molecular formula is C23H23N3O2PS+. The standard InChI is InChI=1S/C23H23N3O2PS/c1-26(25-18-21-8-12-22(27-2)13-9-21)29(30)28-23-14-10-20(11-15-23)17-24-16-19-6-4-3-5-7-19/h3-15,17-18H,16H2,1-2H3/q+1/b24-17?,25-18+. The van der Waals surface area contributed by atoms with Gasteiger partial charge in [-0.1, -0.05) is 35.1 Å². The maximum absolute atomic E-state index is 5.86. The summed E-state index contributed by atoms with van der Waals surface area (Å²) < 4.78 is 12.7. The Morgan fingerprint density at radius 2 is 1.47 bits per heavy atom. The van der Waals surface area contributed by atoms with Gasteiger partial charge in [-0.15, -0.1) is 5.10 Å². The Labute approximate surface area is 183 Å². The Balaban J connectivity index is 1.51. The molecule has 0 saturated heterocycles. The third kappa shape index (κ3) is 6.76. The van der Waals surface area contributed by atoms with Crippen molar-refractivity contribution in [1.82, 2.24) is 4.78 Å². The first-order valence-electron chi connectivity index (χ1n) is 9.35. The third-order valence-corrected chi connectivity index (χ3v) is 6.02. The van der Waals surface area contributed by atoms with E-state index < -0.39 is 7.07 Å². The fourth-order valence-electron chi connectivity index (χ4n) is 2.49. The SMILES string of the molecule is COc1ccc(/C=N/N(C)[P+](=S)Oc2ccc(C=NCc3ccccc3)cc2)cc1. The van der Waals surface area contributed by atoms with E-state index in [0.29, 0.717) is 12.3 Å². The van der Waals surface area contributed by atoms with E-state index in [9.17, 15) is 0 Å². The minimum absolute atomic E-state index is 0.660. The highest BCUT2D eigenvalue weighted by Gasteiger charge is 2.20. The summed E-state index contributed by atoms with van der Waals surface area (Å²) in [5.41, 5.74) is 3.15. The molecule has 0 saturated carbocycles. The summed E-state index contributed by atoms with van der Waals surface area (Å²) in [4.78, 5) is 4.48. The minimum Gasteiger partial charge on any atom is -0.497 e. The average molecular weight is 436 g/mol. The number of hydrazone groups is 1. The van der Waals surface area contributed by atoms with Crippen LogP contribution in [0.2, 0.25) is 0 Å². The van der Waals surface area contributed by atoms with Gasteiger partial charge in [0.2, 0.25) is 11.8 Å². The van der Waals surface area contributed by atoms with Crippen molar-refractivity contribution in [2.75, 3.05) is 14.2 Å². The third-order valence-electron chi connectivity index (χ3n) is 4.15. The van der Waals surface area contributed by atoms with Gasteiger partial charge in [0.1, 0.15) is 5.75 Å². The van der Waals surface area contributed by atoms with E-state index in [0.717, 1.165) is 16.9 Å². The van der Waals surface area contributed by atoms with Crippen molar-refractivity contribution in [3.63, 3.8) is 0 Å². The lowest BCUT2D eigenvalue weighted by Crippen LogP contribution is -2.03. The molecule has 0 aromatic heterocycles. The summed E-state index contributed by atoms with van der Waals surface area (Å²) in [6, 6.07) is 25.5. The molecule has 152 valence electrons. The Hall–Kier alpha value is -3.08. The van der Waals surface area contributed by atoms with Crippen LogP contribution in [0.5, 0.6) is 11.5 Å². The molecule has 3 aromatic rings. The average Bonchev–Trinajstić information content (AvgIpc) is 2.79. The number of methoxy groups -OCH3 is 1. The Kier molecular flexibility index (Phi) is 8.07. The molecule has 0 aliphatic rings. The van der Waals surface area contributed by atoms with Crippen LogP contribution < -0.4 is 9.26 Å². The van der Waals surface area contributed by atoms with Crippen molar-refractivity contribution in [2.45, 2.75) is 6.54 Å². The van der Waals surface area contributed by atoms with Crippen LogP contribution in [0, 0.1) is 0 Å². The molecule has 1 unspecified atom stereocenters. The highest BCUT2D eigenvalue weighted by molar-refractivity contribution is 8.02. The number of ether oxygens (including phenoxy) is 1. The molecule has 1 atom stereocenters. The number of hydrogen-bond acceptors (Lipinski definition) is 5. The molecule has 30 heavy (non-hydrogen) atoms. The summed E-state index contributed by atoms with van der Waals surface area (Å²) in [5.74, 6) is 1.52. The van der Waals surface area contributed by atoms with Gasteiger partial charge in [0.15, 0.2) is 5.75 Å². The van der Waals surface area contributed by atoms with Gasteiger partial charge in [0.25, 0.3) is 0 Å². The highest BCUT2D eigenvalue weighted by atomic mass is 32.4. The first kappa shape index (κ1) is 21.6. The molecule has 0 heterocycles. The zero-order valence-corrected chi connectivity index (χ0v) is 18.6. The Morgan fingerprint density at radius 3 is 2.10 bits per heavy atom. The minimum atomic E-state index is -1.31. The zero-order valence-electron chi connectivity index (χ0n) is 16.9. The van der Waals surface area contributed by atoms with Crippen LogP contribution in [0.4, 0.5) is 0 Å². The summed E-state index contributed by atoms with van der Waals surface area (Å²) in [6.45, 7) is 0.660. The zero-order chi connectivity index (χ0) is 21.2. The monoisotopic (exact) mass is 436 g/mol. The molecule has 7 heteroatoms. The second-order valence-corrected chi connectivity index (χ2v) is 8.53. The highest BCUT2D eigenvalue weighted by Crippen LogP contribution is 2.30. The van der Waals surface area contributed by atoms with Gasteiger partial charge in [-0.05, 0) is 65.2 Å². The van der Waals surface area contributed by atoms with Crippen LogP contribution in [0.15, 0.2) is 89.0 Å². The van der Waals surface area contributed by atoms with Crippen molar-refractivity contribution in [3.05, 3.63) is 95.6 Å². The lowest BCUT2D eigenvalue weighted by Gasteiger charge is -2.03. The number of nitrogens with zero attached hydrogens (tertiary/aromatic N) is 3. The summed E-state index contributed by atoms with van der Waals surface area (Å²) >= 11 is 5.46. The molecular weight excluding hydrogens is 413 g/mol. The van der Waals surface area contributed by atoms with E-state index in [1.807, 2.05) is 80.0 Å². The predicted octanol–water partition coefficient (Wildman–Crippen LogP) is 5.43. The lowest BCUT2D eigenvalue weighted by atomic mass is 10.2. The van der Waals surface area contributed by atoms with Crippen molar-refractivity contribution >= 4 is 31.3 Å². The van der Waals surface area contributed by atoms with Crippen LogP contribution in [0.3, 0.4) is 0 Å². The second-order valence-electron chi connectivity index (χ2n) is 6.36. The van der Waals surface area contributed by atoms with E-state index in [1.165, 1.54) is 5.56 Å². The van der Waals surface area contributed by atoms with Crippen molar-refractivity contribution in [3.8, 4) is 11.5 Å². The number of aliphatic imine (C=N–C) groups is 1. The second kappa shape index (κ2) is 11.2. The lowest BCUT2D eigenvalue weighted by molar-refractivity contribution is 0.415. The molecule has 0 aliphatic carbocycles. The van der Waals surface area contributed by atoms with E-state index in [4.69, 9.17) is 21.1 Å². The molecule has 0 bridgehead atoms. The van der Waals surface area contributed by atoms with Gasteiger partial charge >= 0.3 is 7.07 Å². The fraction of sp³-hybridized carbons (Fsp3) is 0.130. The van der Waals surface area contributed by atoms with Crippen LogP contribution in [0.25, 0.3) is 0 Å². The van der Waals surface area contributed by atoms with E-state index in [-0.39, 0.29) is 0 Å². The summed E-state index contributed by atoms with van der Waals surface area (Å²) in [5, 5.41) is 4.38. The van der Waals surface area contributed by atoms with Crippen LogP contribution in [-0.2, 0) is 18.4 Å². The van der Waals surface area contributed by atoms with Gasteiger partial charge in [0.05, 0.1) is 26.9 Å². The normalized spacial score (nSPS) is 11.6. The predicted molar refractivity (Wildman–Crippen MR) is 127 cm³/mol. The summed E-state index contributed by atoms with van der Waals surface area (Å²) in [7, 11) is 2.14. The van der Waals surface area contributed by atoms with Crippen molar-refractivity contribution < 1.29 is 9.26 Å². The van der Waals surface area contributed by atoms with E-state index in [2.05, 4.69) is 22.2 Å². The van der Waals surface area contributed by atoms with Gasteiger partial charge < -0.3 is 4.74 Å². The Morgan fingerprint density at radius 1 is 0.867 bits per heavy atom. The molecule has 0 aliphatic heterocycles. The van der Waals surface area contributed by atoms with Crippen molar-refractivity contribution in [1.29, 1.82) is 0 Å². The fourth-order valence-corrected chi connectivity index (χ4v) is 3.43. The summed E-state index contributed by atoms with van der Waals surface area (Å²) in [6.07, 6.45) is 3.61. The first-order chi connectivity index (χ1) is 14.6. The maximum atomic E-state index is 5.86. The molecule has 0 spiro atoms. The molecule has 0 amide bonds. The number of hydrogen-bond donors (Lipinski definition) is 0. The van der Waals surface area contributed by atoms with Crippen LogP contribution in [0.1, 0.15) is 16.7 Å². The van der Waals surface area contributed by atoms with Crippen LogP contribution >= 0.6 is 7.07 Å². The smallest absolute Gasteiger partial charge is 0.497 e. The molecule has 3 aromatic carbocycles. The Bertz CT molecular complexity index is 1010. The van der Waals surface area contributed by atoms with Gasteiger partial charge in [0, 0.05) is 6.21 Å². The number of benzene rings is 3. The van der Waals surface area contributed by atoms with E-state index >= 15 is 0 Å². The first-order valence-corrected chi connectivity index (χ1v) is 11.6. The number of rotatable bonds is 9.